The summed E-state index contributed by atoms with van der Waals surface area (Å²) >= 11 is 0. The summed E-state index contributed by atoms with van der Waals surface area (Å²) in [5.41, 5.74) is -0.0405. The van der Waals surface area contributed by atoms with Crippen LogP contribution in [0, 0.1) is 0 Å². The molecule has 0 amide bonds. The Morgan fingerprint density at radius 1 is 1.54 bits per heavy atom. The van der Waals surface area contributed by atoms with Gasteiger partial charge in [0.05, 0.1) is 5.60 Å². The molecule has 1 fully saturated rings. The van der Waals surface area contributed by atoms with Crippen LogP contribution < -0.4 is 5.32 Å². The quantitative estimate of drug-likeness (QED) is 0.699. The predicted molar refractivity (Wildman–Crippen MR) is 55.0 cm³/mol. The molecule has 0 spiro atoms. The zero-order valence-corrected chi connectivity index (χ0v) is 9.26. The molecule has 1 saturated heterocycles. The summed E-state index contributed by atoms with van der Waals surface area (Å²) in [4.78, 5) is 2.36. The van der Waals surface area contributed by atoms with Crippen LogP contribution in [-0.2, 0) is 4.74 Å². The second kappa shape index (κ2) is 4.40. The first kappa shape index (κ1) is 11.0. The summed E-state index contributed by atoms with van der Waals surface area (Å²) in [7, 11) is 3.94. The monoisotopic (exact) mass is 186 g/mol. The summed E-state index contributed by atoms with van der Waals surface area (Å²) in [6, 6.07) is 0.652. The van der Waals surface area contributed by atoms with E-state index >= 15 is 0 Å². The Labute approximate surface area is 81.4 Å². The van der Waals surface area contributed by atoms with Gasteiger partial charge < -0.3 is 15.0 Å². The molecule has 1 aliphatic heterocycles. The van der Waals surface area contributed by atoms with E-state index in [9.17, 15) is 0 Å². The molecule has 0 saturated carbocycles. The Morgan fingerprint density at radius 2 is 2.23 bits per heavy atom. The van der Waals surface area contributed by atoms with Gasteiger partial charge in [0, 0.05) is 26.2 Å². The van der Waals surface area contributed by atoms with E-state index in [0.717, 1.165) is 6.54 Å². The lowest BCUT2D eigenvalue weighted by atomic mass is 10.1. The van der Waals surface area contributed by atoms with Gasteiger partial charge in [0.1, 0.15) is 0 Å². The maximum Gasteiger partial charge on any atom is 0.0746 e. The maximum absolute atomic E-state index is 5.35. The molecule has 1 N–H and O–H groups in total. The zero-order chi connectivity index (χ0) is 9.90. The SMILES string of the molecule is COC(C)(C)CNC1CCN(C)C1. The van der Waals surface area contributed by atoms with Crippen molar-refractivity contribution >= 4 is 0 Å². The summed E-state index contributed by atoms with van der Waals surface area (Å²) in [5, 5.41) is 3.54. The van der Waals surface area contributed by atoms with E-state index < -0.39 is 0 Å². The van der Waals surface area contributed by atoms with E-state index in [1.807, 2.05) is 0 Å². The van der Waals surface area contributed by atoms with E-state index in [0.29, 0.717) is 6.04 Å². The molecule has 13 heavy (non-hydrogen) atoms. The van der Waals surface area contributed by atoms with Crippen molar-refractivity contribution in [2.45, 2.75) is 31.9 Å². The first-order chi connectivity index (χ1) is 6.03. The van der Waals surface area contributed by atoms with Crippen molar-refractivity contribution in [2.75, 3.05) is 33.8 Å². The first-order valence-electron chi connectivity index (χ1n) is 5.00. The van der Waals surface area contributed by atoms with E-state index in [1.54, 1.807) is 7.11 Å². The van der Waals surface area contributed by atoms with Crippen molar-refractivity contribution in [3.8, 4) is 0 Å². The molecule has 1 unspecified atom stereocenters. The number of methoxy groups -OCH3 is 1. The Hall–Kier alpha value is -0.120. The minimum Gasteiger partial charge on any atom is -0.377 e. The van der Waals surface area contributed by atoms with Gasteiger partial charge in [-0.2, -0.15) is 0 Å². The van der Waals surface area contributed by atoms with E-state index in [1.165, 1.54) is 19.5 Å². The molecular weight excluding hydrogens is 164 g/mol. The Kier molecular flexibility index (Phi) is 3.71. The lowest BCUT2D eigenvalue weighted by Crippen LogP contribution is -2.42. The van der Waals surface area contributed by atoms with Gasteiger partial charge in [0.2, 0.25) is 0 Å². The zero-order valence-electron chi connectivity index (χ0n) is 9.26. The summed E-state index contributed by atoms with van der Waals surface area (Å²) in [5.74, 6) is 0. The molecule has 0 aliphatic carbocycles. The van der Waals surface area contributed by atoms with Gasteiger partial charge in [-0.1, -0.05) is 0 Å². The Balaban J connectivity index is 2.19. The van der Waals surface area contributed by atoms with Gasteiger partial charge in [0.15, 0.2) is 0 Å². The van der Waals surface area contributed by atoms with Crippen molar-refractivity contribution in [1.29, 1.82) is 0 Å². The van der Waals surface area contributed by atoms with Gasteiger partial charge in [-0.25, -0.2) is 0 Å². The average molecular weight is 186 g/mol. The summed E-state index contributed by atoms with van der Waals surface area (Å²) in [6.07, 6.45) is 1.26. The molecule has 0 aromatic heterocycles. The molecule has 0 radical (unpaired) electrons. The molecule has 1 heterocycles. The molecule has 0 aromatic carbocycles. The molecule has 78 valence electrons. The minimum atomic E-state index is -0.0405. The van der Waals surface area contributed by atoms with Crippen LogP contribution in [0.3, 0.4) is 0 Å². The number of nitrogens with zero attached hydrogens (tertiary/aromatic N) is 1. The van der Waals surface area contributed by atoms with E-state index in [4.69, 9.17) is 4.74 Å². The van der Waals surface area contributed by atoms with Gasteiger partial charge >= 0.3 is 0 Å². The number of rotatable bonds is 4. The van der Waals surface area contributed by atoms with Crippen molar-refractivity contribution < 1.29 is 4.74 Å². The molecule has 3 nitrogen and oxygen atoms in total. The fourth-order valence-electron chi connectivity index (χ4n) is 1.56. The van der Waals surface area contributed by atoms with Crippen LogP contribution in [0.2, 0.25) is 0 Å². The third-order valence-electron chi connectivity index (χ3n) is 2.76. The average Bonchev–Trinajstić information content (AvgIpc) is 2.48. The highest BCUT2D eigenvalue weighted by molar-refractivity contribution is 4.82. The van der Waals surface area contributed by atoms with Crippen LogP contribution in [-0.4, -0.2) is 50.3 Å². The number of nitrogens with one attached hydrogen (secondary N) is 1. The van der Waals surface area contributed by atoms with Crippen LogP contribution in [0.4, 0.5) is 0 Å². The standard InChI is InChI=1S/C10H22N2O/c1-10(2,13-4)8-11-9-5-6-12(3)7-9/h9,11H,5-8H2,1-4H3. The fourth-order valence-corrected chi connectivity index (χ4v) is 1.56. The van der Waals surface area contributed by atoms with Crippen molar-refractivity contribution in [3.05, 3.63) is 0 Å². The highest BCUT2D eigenvalue weighted by Gasteiger charge is 2.22. The van der Waals surface area contributed by atoms with Crippen molar-refractivity contribution in [2.24, 2.45) is 0 Å². The van der Waals surface area contributed by atoms with E-state index in [2.05, 4.69) is 31.1 Å². The normalized spacial score (nSPS) is 25.4. The summed E-state index contributed by atoms with van der Waals surface area (Å²) in [6.45, 7) is 7.53. The molecular formula is C10H22N2O. The van der Waals surface area contributed by atoms with Crippen LogP contribution in [0.25, 0.3) is 0 Å². The van der Waals surface area contributed by atoms with Crippen LogP contribution in [0.15, 0.2) is 0 Å². The molecule has 1 aliphatic rings. The predicted octanol–water partition coefficient (Wildman–Crippen LogP) is 0.705. The second-order valence-electron chi connectivity index (χ2n) is 4.59. The number of likely N-dealkylation sites (tertiary alicyclic amines) is 1. The number of hydrogen-bond donors (Lipinski definition) is 1. The van der Waals surface area contributed by atoms with Crippen molar-refractivity contribution in [1.82, 2.24) is 10.2 Å². The number of likely N-dealkylation sites (N-methyl/N-ethyl adjacent to an activating group) is 1. The van der Waals surface area contributed by atoms with Gasteiger partial charge in [-0.15, -0.1) is 0 Å². The molecule has 1 atom stereocenters. The van der Waals surface area contributed by atoms with Crippen LogP contribution in [0.1, 0.15) is 20.3 Å². The Bertz CT molecular complexity index is 159. The van der Waals surface area contributed by atoms with Gasteiger partial charge in [0.25, 0.3) is 0 Å². The molecule has 0 aromatic rings. The number of hydrogen-bond acceptors (Lipinski definition) is 3. The Morgan fingerprint density at radius 3 is 2.69 bits per heavy atom. The van der Waals surface area contributed by atoms with Crippen LogP contribution >= 0.6 is 0 Å². The van der Waals surface area contributed by atoms with Crippen LogP contribution in [0.5, 0.6) is 0 Å². The maximum atomic E-state index is 5.35. The lowest BCUT2D eigenvalue weighted by Gasteiger charge is -2.25. The highest BCUT2D eigenvalue weighted by Crippen LogP contribution is 2.09. The fraction of sp³-hybridized carbons (Fsp3) is 1.00. The van der Waals surface area contributed by atoms with Crippen molar-refractivity contribution in [3.63, 3.8) is 0 Å². The summed E-state index contributed by atoms with van der Waals surface area (Å²) < 4.78 is 5.35. The molecule has 0 bridgehead atoms. The topological polar surface area (TPSA) is 24.5 Å². The van der Waals surface area contributed by atoms with Gasteiger partial charge in [-0.05, 0) is 33.9 Å². The third-order valence-corrected chi connectivity index (χ3v) is 2.76. The molecule has 1 rings (SSSR count). The number of ether oxygens (including phenoxy) is 1. The largest absolute Gasteiger partial charge is 0.377 e. The smallest absolute Gasteiger partial charge is 0.0746 e. The van der Waals surface area contributed by atoms with E-state index in [-0.39, 0.29) is 5.60 Å². The minimum absolute atomic E-state index is 0.0405. The lowest BCUT2D eigenvalue weighted by molar-refractivity contribution is 0.0213. The van der Waals surface area contributed by atoms with Gasteiger partial charge in [-0.3, -0.25) is 0 Å². The second-order valence-corrected chi connectivity index (χ2v) is 4.59. The highest BCUT2D eigenvalue weighted by atomic mass is 16.5. The first-order valence-corrected chi connectivity index (χ1v) is 5.00. The molecule has 3 heteroatoms. The third kappa shape index (κ3) is 3.63.